The lowest BCUT2D eigenvalue weighted by molar-refractivity contribution is 0.613. The monoisotopic (exact) mass is 434 g/mol. The van der Waals surface area contributed by atoms with Gasteiger partial charge in [-0.2, -0.15) is 4.98 Å². The van der Waals surface area contributed by atoms with Crippen molar-refractivity contribution in [3.8, 4) is 11.1 Å². The Bertz CT molecular complexity index is 1270. The van der Waals surface area contributed by atoms with Crippen molar-refractivity contribution >= 4 is 28.7 Å². The van der Waals surface area contributed by atoms with Crippen molar-refractivity contribution < 1.29 is 0 Å². The molecule has 1 aliphatic heterocycles. The van der Waals surface area contributed by atoms with Crippen molar-refractivity contribution in [2.45, 2.75) is 13.0 Å². The Morgan fingerprint density at radius 3 is 2.94 bits per heavy atom. The van der Waals surface area contributed by atoms with E-state index < -0.39 is 0 Å². The maximum Gasteiger partial charge on any atom is 0.328 e. The number of hydrogen-bond donors (Lipinski definition) is 3. The summed E-state index contributed by atoms with van der Waals surface area (Å²) in [5, 5.41) is 7.37. The molecule has 1 saturated heterocycles. The number of imidazole rings is 1. The Balaban J connectivity index is 1.43. The van der Waals surface area contributed by atoms with E-state index in [0.717, 1.165) is 42.7 Å². The Labute approximate surface area is 184 Å². The average molecular weight is 435 g/mol. The van der Waals surface area contributed by atoms with E-state index in [0.29, 0.717) is 34.6 Å². The Morgan fingerprint density at radius 2 is 2.10 bits per heavy atom. The zero-order valence-electron chi connectivity index (χ0n) is 16.9. The fourth-order valence-electron chi connectivity index (χ4n) is 4.02. The van der Waals surface area contributed by atoms with Gasteiger partial charge in [0.05, 0.1) is 12.7 Å². The Morgan fingerprint density at radius 1 is 1.19 bits per heavy atom. The molecule has 0 amide bonds. The van der Waals surface area contributed by atoms with Crippen LogP contribution < -0.4 is 16.3 Å². The number of halogens is 1. The van der Waals surface area contributed by atoms with E-state index in [4.69, 9.17) is 11.6 Å². The van der Waals surface area contributed by atoms with Crippen LogP contribution in [0, 0.1) is 5.92 Å². The van der Waals surface area contributed by atoms with Gasteiger partial charge in [0.25, 0.3) is 0 Å². The quantitative estimate of drug-likeness (QED) is 0.432. The Hall–Kier alpha value is -3.16. The molecule has 0 aliphatic carbocycles. The number of benzene rings is 2. The van der Waals surface area contributed by atoms with Crippen molar-refractivity contribution in [1.82, 2.24) is 24.8 Å². The van der Waals surface area contributed by atoms with Crippen LogP contribution in [-0.2, 0) is 6.54 Å². The van der Waals surface area contributed by atoms with Crippen molar-refractivity contribution in [3.63, 3.8) is 0 Å². The van der Waals surface area contributed by atoms with Gasteiger partial charge in [-0.25, -0.2) is 9.78 Å². The molecule has 158 valence electrons. The van der Waals surface area contributed by atoms with E-state index >= 15 is 0 Å². The van der Waals surface area contributed by atoms with E-state index in [1.54, 1.807) is 10.8 Å². The van der Waals surface area contributed by atoms with Gasteiger partial charge in [0, 0.05) is 17.1 Å². The first kappa shape index (κ1) is 19.8. The van der Waals surface area contributed by atoms with Crippen molar-refractivity contribution in [2.75, 3.05) is 25.0 Å². The summed E-state index contributed by atoms with van der Waals surface area (Å²) in [5.74, 6) is 1.11. The maximum atomic E-state index is 12.6. The highest BCUT2D eigenvalue weighted by atomic mass is 35.5. The molecule has 3 heterocycles. The van der Waals surface area contributed by atoms with Crippen molar-refractivity contribution in [2.24, 2.45) is 5.92 Å². The third-order valence-corrected chi connectivity index (χ3v) is 6.00. The zero-order chi connectivity index (χ0) is 21.2. The van der Waals surface area contributed by atoms with Gasteiger partial charge in [-0.3, -0.25) is 4.57 Å². The van der Waals surface area contributed by atoms with Crippen molar-refractivity contribution in [3.05, 3.63) is 75.8 Å². The summed E-state index contributed by atoms with van der Waals surface area (Å²) in [6, 6.07) is 15.8. The molecule has 0 radical (unpaired) electrons. The fourth-order valence-corrected chi connectivity index (χ4v) is 4.26. The lowest BCUT2D eigenvalue weighted by Gasteiger charge is -2.10. The highest BCUT2D eigenvalue weighted by Crippen LogP contribution is 2.28. The molecule has 3 N–H and O–H groups in total. The normalized spacial score (nSPS) is 16.1. The highest BCUT2D eigenvalue weighted by Gasteiger charge is 2.15. The van der Waals surface area contributed by atoms with Crippen LogP contribution in [0.1, 0.15) is 12.0 Å². The SMILES string of the molecule is O=c1[nH]c2cnc(NC[C@@H]3CCNC3)nc2n1Cc1cccc(-c2ccccc2Cl)c1. The number of hydrogen-bond acceptors (Lipinski definition) is 5. The number of nitrogens with one attached hydrogen (secondary N) is 3. The summed E-state index contributed by atoms with van der Waals surface area (Å²) in [4.78, 5) is 24.4. The summed E-state index contributed by atoms with van der Waals surface area (Å²) < 4.78 is 1.64. The molecular weight excluding hydrogens is 412 g/mol. The minimum atomic E-state index is -0.204. The third-order valence-electron chi connectivity index (χ3n) is 5.67. The number of nitrogens with zero attached hydrogens (tertiary/aromatic N) is 3. The van der Waals surface area contributed by atoms with Gasteiger partial charge in [-0.05, 0) is 48.7 Å². The van der Waals surface area contributed by atoms with E-state index in [1.165, 1.54) is 0 Å². The number of rotatable bonds is 6. The first-order valence-corrected chi connectivity index (χ1v) is 10.8. The van der Waals surface area contributed by atoms with Crippen molar-refractivity contribution in [1.29, 1.82) is 0 Å². The first-order valence-electron chi connectivity index (χ1n) is 10.4. The number of anilines is 1. The zero-order valence-corrected chi connectivity index (χ0v) is 17.7. The second-order valence-electron chi connectivity index (χ2n) is 7.87. The standard InChI is InChI=1S/C23H23ClN6O/c24-19-7-2-1-6-18(19)17-5-3-4-15(10-17)14-30-21-20(28-23(30)31)13-27-22(29-21)26-12-16-8-9-25-11-16/h1-7,10,13,16,25H,8-9,11-12,14H2,(H,28,31)(H,26,27,29)/t16-/m1/s1. The molecule has 4 aromatic rings. The van der Waals surface area contributed by atoms with Gasteiger partial charge < -0.3 is 15.6 Å². The van der Waals surface area contributed by atoms with Crippen LogP contribution in [-0.4, -0.2) is 39.2 Å². The molecule has 0 saturated carbocycles. The largest absolute Gasteiger partial charge is 0.354 e. The molecule has 0 unspecified atom stereocenters. The summed E-state index contributed by atoms with van der Waals surface area (Å²) in [6.07, 6.45) is 2.81. The van der Waals surface area contributed by atoms with Gasteiger partial charge in [0.2, 0.25) is 5.95 Å². The smallest absolute Gasteiger partial charge is 0.328 e. The summed E-state index contributed by atoms with van der Waals surface area (Å²) >= 11 is 6.36. The second-order valence-corrected chi connectivity index (χ2v) is 8.27. The molecule has 8 heteroatoms. The fraction of sp³-hybridized carbons (Fsp3) is 0.261. The number of aromatic amines is 1. The van der Waals surface area contributed by atoms with Gasteiger partial charge in [0.1, 0.15) is 5.52 Å². The molecule has 2 aromatic heterocycles. The maximum absolute atomic E-state index is 12.6. The summed E-state index contributed by atoms with van der Waals surface area (Å²) in [6.45, 7) is 3.27. The molecule has 0 spiro atoms. The van der Waals surface area contributed by atoms with Crippen LogP contribution >= 0.6 is 11.6 Å². The molecule has 1 fully saturated rings. The molecule has 31 heavy (non-hydrogen) atoms. The molecule has 1 aliphatic rings. The molecule has 5 rings (SSSR count). The second kappa shape index (κ2) is 8.53. The van der Waals surface area contributed by atoms with E-state index in [1.807, 2.05) is 42.5 Å². The van der Waals surface area contributed by atoms with Gasteiger partial charge in [-0.15, -0.1) is 0 Å². The van der Waals surface area contributed by atoms with Gasteiger partial charge in [0.15, 0.2) is 5.65 Å². The lowest BCUT2D eigenvalue weighted by atomic mass is 10.0. The molecule has 2 aromatic carbocycles. The minimum Gasteiger partial charge on any atom is -0.354 e. The molecule has 1 atom stereocenters. The summed E-state index contributed by atoms with van der Waals surface area (Å²) in [7, 11) is 0. The molecule has 7 nitrogen and oxygen atoms in total. The Kier molecular flexibility index (Phi) is 5.44. The van der Waals surface area contributed by atoms with Crippen LogP contribution in [0.5, 0.6) is 0 Å². The predicted molar refractivity (Wildman–Crippen MR) is 124 cm³/mol. The average Bonchev–Trinajstić information content (AvgIpc) is 3.41. The minimum absolute atomic E-state index is 0.204. The van der Waals surface area contributed by atoms with Crippen LogP contribution in [0.2, 0.25) is 5.02 Å². The first-order chi connectivity index (χ1) is 15.2. The molecule has 0 bridgehead atoms. The van der Waals surface area contributed by atoms with Crippen LogP contribution in [0.25, 0.3) is 22.3 Å². The third kappa shape index (κ3) is 4.19. The lowest BCUT2D eigenvalue weighted by Crippen LogP contribution is -2.19. The van der Waals surface area contributed by atoms with Gasteiger partial charge >= 0.3 is 5.69 Å². The topological polar surface area (TPSA) is 87.6 Å². The van der Waals surface area contributed by atoms with E-state index in [2.05, 4.69) is 31.7 Å². The van der Waals surface area contributed by atoms with Gasteiger partial charge in [-0.1, -0.05) is 48.0 Å². The predicted octanol–water partition coefficient (Wildman–Crippen LogP) is 3.51. The molecular formula is C23H23ClN6O. The van der Waals surface area contributed by atoms with E-state index in [9.17, 15) is 4.79 Å². The number of H-pyrrole nitrogens is 1. The van der Waals surface area contributed by atoms with E-state index in [-0.39, 0.29) is 5.69 Å². The highest BCUT2D eigenvalue weighted by molar-refractivity contribution is 6.33. The number of fused-ring (bicyclic) bond motifs is 1. The number of aromatic nitrogens is 4. The van der Waals surface area contributed by atoms with Crippen LogP contribution in [0.4, 0.5) is 5.95 Å². The summed E-state index contributed by atoms with van der Waals surface area (Å²) in [5.41, 5.74) is 3.98. The van der Waals surface area contributed by atoms with Crippen LogP contribution in [0.3, 0.4) is 0 Å². The van der Waals surface area contributed by atoms with Crippen LogP contribution in [0.15, 0.2) is 59.5 Å².